The molecule has 0 aliphatic heterocycles. The summed E-state index contributed by atoms with van der Waals surface area (Å²) in [6.07, 6.45) is 0. The van der Waals surface area contributed by atoms with E-state index in [1.807, 2.05) is 30.3 Å². The molecule has 0 unspecified atom stereocenters. The maximum Gasteiger partial charge on any atom is 0.123 e. The highest BCUT2D eigenvalue weighted by Gasteiger charge is 2.14. The van der Waals surface area contributed by atoms with Gasteiger partial charge in [-0.25, -0.2) is 8.78 Å². The van der Waals surface area contributed by atoms with E-state index in [2.05, 4.69) is 18.2 Å². The van der Waals surface area contributed by atoms with E-state index >= 15 is 0 Å². The molecule has 2 heteroatoms. The lowest BCUT2D eigenvalue weighted by Gasteiger charge is -2.16. The van der Waals surface area contributed by atoms with Crippen molar-refractivity contribution in [2.45, 2.75) is 0 Å². The van der Waals surface area contributed by atoms with Crippen LogP contribution in [0.4, 0.5) is 8.78 Å². The Morgan fingerprint density at radius 3 is 1.38 bits per heavy atom. The van der Waals surface area contributed by atoms with Crippen molar-refractivity contribution in [2.75, 3.05) is 0 Å². The van der Waals surface area contributed by atoms with E-state index in [0.29, 0.717) is 0 Å². The van der Waals surface area contributed by atoms with E-state index in [9.17, 15) is 8.78 Å². The third-order valence-corrected chi connectivity index (χ3v) is 4.44. The van der Waals surface area contributed by atoms with Crippen LogP contribution in [0.3, 0.4) is 0 Å². The van der Waals surface area contributed by atoms with Gasteiger partial charge in [0.2, 0.25) is 0 Å². The van der Waals surface area contributed by atoms with Gasteiger partial charge in [0.15, 0.2) is 0 Å². The van der Waals surface area contributed by atoms with Crippen LogP contribution in [0.2, 0.25) is 0 Å². The Kier molecular flexibility index (Phi) is 4.32. The second-order valence-electron chi connectivity index (χ2n) is 6.11. The first kappa shape index (κ1) is 16.2. The van der Waals surface area contributed by atoms with Crippen molar-refractivity contribution in [2.24, 2.45) is 0 Å². The van der Waals surface area contributed by atoms with Crippen LogP contribution < -0.4 is 0 Å². The van der Waals surface area contributed by atoms with Gasteiger partial charge in [-0.15, -0.1) is 0 Å². The molecule has 0 aliphatic carbocycles. The standard InChI is InChI=1S/C24H16F2/c25-20-13-9-18(10-14-20)23-8-4-7-22(17-5-2-1-3-6-17)24(23)19-11-15-21(26)16-12-19/h1-16H. The van der Waals surface area contributed by atoms with Crippen LogP contribution in [0.15, 0.2) is 97.1 Å². The smallest absolute Gasteiger partial charge is 0.123 e. The minimum absolute atomic E-state index is 0.267. The first-order chi connectivity index (χ1) is 12.7. The summed E-state index contributed by atoms with van der Waals surface area (Å²) in [4.78, 5) is 0. The van der Waals surface area contributed by atoms with Crippen LogP contribution in [0.25, 0.3) is 33.4 Å². The highest BCUT2D eigenvalue weighted by molar-refractivity contribution is 5.94. The molecular weight excluding hydrogens is 326 g/mol. The Bertz CT molecular complexity index is 1020. The summed E-state index contributed by atoms with van der Waals surface area (Å²) in [6.45, 7) is 0. The quantitative estimate of drug-likeness (QED) is 0.377. The number of hydrogen-bond donors (Lipinski definition) is 0. The van der Waals surface area contributed by atoms with E-state index in [-0.39, 0.29) is 11.6 Å². The number of halogens is 2. The van der Waals surface area contributed by atoms with Crippen LogP contribution in [-0.4, -0.2) is 0 Å². The molecule has 0 fully saturated rings. The molecule has 126 valence electrons. The minimum atomic E-state index is -0.269. The summed E-state index contributed by atoms with van der Waals surface area (Å²) < 4.78 is 26.8. The predicted molar refractivity (Wildman–Crippen MR) is 103 cm³/mol. The zero-order valence-corrected chi connectivity index (χ0v) is 14.0. The Morgan fingerprint density at radius 1 is 0.385 bits per heavy atom. The number of rotatable bonds is 3. The van der Waals surface area contributed by atoms with Crippen molar-refractivity contribution < 1.29 is 8.78 Å². The maximum atomic E-state index is 13.5. The van der Waals surface area contributed by atoms with Gasteiger partial charge in [-0.3, -0.25) is 0 Å². The van der Waals surface area contributed by atoms with Crippen molar-refractivity contribution in [1.82, 2.24) is 0 Å². The maximum absolute atomic E-state index is 13.5. The summed E-state index contributed by atoms with van der Waals surface area (Å²) >= 11 is 0. The Balaban J connectivity index is 2.00. The van der Waals surface area contributed by atoms with Gasteiger partial charge in [0, 0.05) is 0 Å². The Labute approximate surface area is 151 Å². The molecule has 0 aromatic heterocycles. The molecule has 0 atom stereocenters. The molecule has 0 nitrogen and oxygen atoms in total. The van der Waals surface area contributed by atoms with E-state index in [0.717, 1.165) is 33.4 Å². The summed E-state index contributed by atoms with van der Waals surface area (Å²) in [6, 6.07) is 29.1. The van der Waals surface area contributed by atoms with Crippen LogP contribution >= 0.6 is 0 Å². The molecule has 0 amide bonds. The fraction of sp³-hybridized carbons (Fsp3) is 0. The van der Waals surface area contributed by atoms with Crippen LogP contribution in [-0.2, 0) is 0 Å². The van der Waals surface area contributed by atoms with E-state index in [1.165, 1.54) is 24.3 Å². The second-order valence-corrected chi connectivity index (χ2v) is 6.11. The van der Waals surface area contributed by atoms with Gasteiger partial charge in [0.1, 0.15) is 11.6 Å². The van der Waals surface area contributed by atoms with Gasteiger partial charge in [0.25, 0.3) is 0 Å². The lowest BCUT2D eigenvalue weighted by Crippen LogP contribution is -1.91. The van der Waals surface area contributed by atoms with Gasteiger partial charge >= 0.3 is 0 Å². The largest absolute Gasteiger partial charge is 0.207 e. The van der Waals surface area contributed by atoms with Crippen molar-refractivity contribution in [3.8, 4) is 33.4 Å². The van der Waals surface area contributed by atoms with Crippen LogP contribution in [0, 0.1) is 11.6 Å². The third-order valence-electron chi connectivity index (χ3n) is 4.44. The third kappa shape index (κ3) is 3.14. The van der Waals surface area contributed by atoms with E-state index in [4.69, 9.17) is 0 Å². The number of benzene rings is 4. The molecule has 0 heterocycles. The normalized spacial score (nSPS) is 10.7. The first-order valence-electron chi connectivity index (χ1n) is 8.43. The monoisotopic (exact) mass is 342 g/mol. The minimum Gasteiger partial charge on any atom is -0.207 e. The summed E-state index contributed by atoms with van der Waals surface area (Å²) in [5.74, 6) is -0.537. The zero-order chi connectivity index (χ0) is 17.9. The van der Waals surface area contributed by atoms with Crippen LogP contribution in [0.1, 0.15) is 0 Å². The molecule has 0 saturated carbocycles. The van der Waals surface area contributed by atoms with Gasteiger partial charge in [-0.1, -0.05) is 72.8 Å². The number of hydrogen-bond acceptors (Lipinski definition) is 0. The Hall–Kier alpha value is -3.26. The van der Waals surface area contributed by atoms with E-state index < -0.39 is 0 Å². The molecule has 0 spiro atoms. The molecule has 26 heavy (non-hydrogen) atoms. The average molecular weight is 342 g/mol. The highest BCUT2D eigenvalue weighted by atomic mass is 19.1. The lowest BCUT2D eigenvalue weighted by atomic mass is 9.88. The predicted octanol–water partition coefficient (Wildman–Crippen LogP) is 6.97. The molecule has 0 N–H and O–H groups in total. The molecule has 0 saturated heterocycles. The summed E-state index contributed by atoms with van der Waals surface area (Å²) in [5.41, 5.74) is 5.96. The van der Waals surface area contributed by atoms with Gasteiger partial charge in [-0.2, -0.15) is 0 Å². The van der Waals surface area contributed by atoms with E-state index in [1.54, 1.807) is 24.3 Å². The fourth-order valence-corrected chi connectivity index (χ4v) is 3.21. The van der Waals surface area contributed by atoms with Crippen molar-refractivity contribution in [3.63, 3.8) is 0 Å². The van der Waals surface area contributed by atoms with Crippen molar-refractivity contribution >= 4 is 0 Å². The van der Waals surface area contributed by atoms with Crippen LogP contribution in [0.5, 0.6) is 0 Å². The average Bonchev–Trinajstić information content (AvgIpc) is 2.69. The molecule has 4 rings (SSSR count). The van der Waals surface area contributed by atoms with Crippen molar-refractivity contribution in [3.05, 3.63) is 109 Å². The fourth-order valence-electron chi connectivity index (χ4n) is 3.21. The van der Waals surface area contributed by atoms with Crippen molar-refractivity contribution in [1.29, 1.82) is 0 Å². The summed E-state index contributed by atoms with van der Waals surface area (Å²) in [7, 11) is 0. The Morgan fingerprint density at radius 2 is 0.846 bits per heavy atom. The molecule has 4 aromatic carbocycles. The molecule has 0 radical (unpaired) electrons. The topological polar surface area (TPSA) is 0 Å². The highest BCUT2D eigenvalue weighted by Crippen LogP contribution is 2.40. The second kappa shape index (κ2) is 6.93. The molecular formula is C24H16F2. The summed E-state index contributed by atoms with van der Waals surface area (Å²) in [5, 5.41) is 0. The van der Waals surface area contributed by atoms with Gasteiger partial charge in [0.05, 0.1) is 0 Å². The zero-order valence-electron chi connectivity index (χ0n) is 14.0. The molecule has 4 aromatic rings. The van der Waals surface area contributed by atoms with Gasteiger partial charge < -0.3 is 0 Å². The SMILES string of the molecule is Fc1ccc(-c2cccc(-c3ccccc3)c2-c2ccc(F)cc2)cc1. The lowest BCUT2D eigenvalue weighted by molar-refractivity contribution is 0.627. The molecule has 0 bridgehead atoms. The molecule has 0 aliphatic rings. The first-order valence-corrected chi connectivity index (χ1v) is 8.43. The van der Waals surface area contributed by atoms with Gasteiger partial charge in [-0.05, 0) is 57.6 Å².